The van der Waals surface area contributed by atoms with Crippen molar-refractivity contribution in [3.63, 3.8) is 0 Å². The number of benzene rings is 1. The van der Waals surface area contributed by atoms with Gasteiger partial charge in [0.15, 0.2) is 17.0 Å². The van der Waals surface area contributed by atoms with E-state index in [1.807, 2.05) is 4.90 Å². The first kappa shape index (κ1) is 36.1. The highest BCUT2D eigenvalue weighted by Crippen LogP contribution is 2.47. The second-order valence-corrected chi connectivity index (χ2v) is 15.6. The van der Waals surface area contributed by atoms with E-state index < -0.39 is 40.8 Å². The maximum Gasteiger partial charge on any atom is 0.425 e. The van der Waals surface area contributed by atoms with Gasteiger partial charge in [-0.1, -0.05) is 0 Å². The molecule has 4 amide bonds. The first-order chi connectivity index (χ1) is 23.9. The van der Waals surface area contributed by atoms with Crippen molar-refractivity contribution in [2.24, 2.45) is 0 Å². The Bertz CT molecular complexity index is 1920. The number of rotatable bonds is 7. The quantitative estimate of drug-likeness (QED) is 0.295. The van der Waals surface area contributed by atoms with E-state index in [4.69, 9.17) is 14.2 Å². The number of anilines is 2. The van der Waals surface area contributed by atoms with Crippen molar-refractivity contribution in [2.75, 3.05) is 29.5 Å². The molecule has 18 heteroatoms. The molecular formula is C33H40BrFN8O8. The lowest BCUT2D eigenvalue weighted by atomic mass is 9.97. The van der Waals surface area contributed by atoms with Gasteiger partial charge < -0.3 is 39.4 Å². The Kier molecular flexibility index (Phi) is 9.27. The van der Waals surface area contributed by atoms with Gasteiger partial charge in [-0.15, -0.1) is 0 Å². The molecule has 3 N–H and O–H groups in total. The molecule has 0 radical (unpaired) electrons. The Morgan fingerprint density at radius 3 is 2.47 bits per heavy atom. The molecule has 3 aliphatic rings. The molecule has 16 nitrogen and oxygen atoms in total. The maximum absolute atomic E-state index is 16.0. The number of alkyl carbamates (subject to hydrolysis) is 1. The number of hydrogen-bond acceptors (Lipinski definition) is 11. The highest BCUT2D eigenvalue weighted by molar-refractivity contribution is 9.10. The lowest BCUT2D eigenvalue weighted by Gasteiger charge is -2.32. The van der Waals surface area contributed by atoms with Gasteiger partial charge in [-0.2, -0.15) is 4.90 Å². The van der Waals surface area contributed by atoms with E-state index in [9.17, 15) is 24.3 Å². The summed E-state index contributed by atoms with van der Waals surface area (Å²) in [6.45, 7) is 10.5. The van der Waals surface area contributed by atoms with Gasteiger partial charge >= 0.3 is 18.3 Å². The summed E-state index contributed by atoms with van der Waals surface area (Å²) in [5, 5.41) is 15.8. The van der Waals surface area contributed by atoms with Crippen LogP contribution < -0.4 is 25.2 Å². The van der Waals surface area contributed by atoms with Crippen LogP contribution in [0.25, 0.3) is 11.2 Å². The van der Waals surface area contributed by atoms with Gasteiger partial charge in [0.1, 0.15) is 34.6 Å². The van der Waals surface area contributed by atoms with E-state index in [2.05, 4.69) is 41.5 Å². The van der Waals surface area contributed by atoms with Crippen LogP contribution >= 0.6 is 15.9 Å². The predicted molar refractivity (Wildman–Crippen MR) is 185 cm³/mol. The van der Waals surface area contributed by atoms with Crippen LogP contribution in [-0.4, -0.2) is 91.3 Å². The van der Waals surface area contributed by atoms with Crippen molar-refractivity contribution in [3.05, 3.63) is 34.1 Å². The van der Waals surface area contributed by atoms with Crippen molar-refractivity contribution in [1.82, 2.24) is 30.2 Å². The number of imide groups is 1. The van der Waals surface area contributed by atoms with Gasteiger partial charge in [-0.05, 0) is 76.7 Å². The monoisotopic (exact) mass is 774 g/mol. The van der Waals surface area contributed by atoms with Crippen LogP contribution in [0.15, 0.2) is 17.1 Å². The molecule has 0 bridgehead atoms. The topological polar surface area (TPSA) is 190 Å². The van der Waals surface area contributed by atoms with Crippen molar-refractivity contribution in [3.8, 4) is 5.75 Å². The molecule has 4 heterocycles. The number of fused-ring (bicyclic) bond motifs is 2. The molecule has 51 heavy (non-hydrogen) atoms. The molecule has 1 atom stereocenters. The molecular weight excluding hydrogens is 735 g/mol. The van der Waals surface area contributed by atoms with Crippen LogP contribution in [0, 0.1) is 5.82 Å². The van der Waals surface area contributed by atoms with Crippen molar-refractivity contribution < 1.29 is 42.9 Å². The van der Waals surface area contributed by atoms with Gasteiger partial charge in [0.2, 0.25) is 5.91 Å². The summed E-state index contributed by atoms with van der Waals surface area (Å²) >= 11 is 3.48. The number of halogens is 2. The normalized spacial score (nSPS) is 18.6. The number of amides is 4. The largest absolute Gasteiger partial charge is 0.491 e. The molecule has 2 fully saturated rings. The van der Waals surface area contributed by atoms with Gasteiger partial charge in [0.25, 0.3) is 0 Å². The van der Waals surface area contributed by atoms with E-state index in [0.29, 0.717) is 40.4 Å². The van der Waals surface area contributed by atoms with E-state index in [1.165, 1.54) is 6.33 Å². The predicted octanol–water partition coefficient (Wildman–Crippen LogP) is 4.88. The van der Waals surface area contributed by atoms with Crippen LogP contribution in [0.2, 0.25) is 0 Å². The number of imidazole rings is 1. The highest BCUT2D eigenvalue weighted by Gasteiger charge is 2.49. The van der Waals surface area contributed by atoms with Gasteiger partial charge in [-0.3, -0.25) is 4.79 Å². The van der Waals surface area contributed by atoms with Crippen molar-refractivity contribution >= 4 is 62.8 Å². The van der Waals surface area contributed by atoms with Gasteiger partial charge in [0, 0.05) is 30.1 Å². The van der Waals surface area contributed by atoms with Gasteiger partial charge in [-0.25, -0.2) is 33.7 Å². The second kappa shape index (κ2) is 13.1. The summed E-state index contributed by atoms with van der Waals surface area (Å²) in [6.07, 6.45) is 1.18. The SMILES string of the molecule is CC(C)(C)OC(=O)N[C@]1(C(=O)NC2CC2)CCN(c2c(Cn3cnc4c(N(C(=O)O)C(=O)OC(C)(C)C)ncnc43)c(Br)c(F)c3c2OCC3)C1. The molecule has 1 aliphatic carbocycles. The number of carbonyl (C=O) groups is 4. The first-order valence-corrected chi connectivity index (χ1v) is 17.3. The van der Waals surface area contributed by atoms with E-state index >= 15 is 4.39 Å². The number of ether oxygens (including phenoxy) is 3. The van der Waals surface area contributed by atoms with Crippen molar-refractivity contribution in [1.29, 1.82) is 0 Å². The highest BCUT2D eigenvalue weighted by atomic mass is 79.9. The number of nitrogens with zero attached hydrogens (tertiary/aromatic N) is 6. The molecule has 3 aromatic rings. The Balaban J connectivity index is 1.39. The zero-order valence-corrected chi connectivity index (χ0v) is 30.7. The average Bonchev–Trinajstić information content (AvgIpc) is 3.35. The molecule has 0 unspecified atom stereocenters. The third kappa shape index (κ3) is 7.36. The molecule has 6 rings (SSSR count). The Hall–Kier alpha value is -4.74. The smallest absolute Gasteiger partial charge is 0.425 e. The van der Waals surface area contributed by atoms with Crippen LogP contribution in [0.3, 0.4) is 0 Å². The van der Waals surface area contributed by atoms with Crippen LogP contribution in [0.5, 0.6) is 5.75 Å². The summed E-state index contributed by atoms with van der Waals surface area (Å²) in [5.74, 6) is -0.839. The lowest BCUT2D eigenvalue weighted by Crippen LogP contribution is -2.61. The summed E-state index contributed by atoms with van der Waals surface area (Å²) in [6, 6.07) is 0.0285. The summed E-state index contributed by atoms with van der Waals surface area (Å²) < 4.78 is 34.5. The average molecular weight is 776 g/mol. The number of aromatic nitrogens is 4. The molecule has 1 saturated heterocycles. The number of carbonyl (C=O) groups excluding carboxylic acids is 3. The summed E-state index contributed by atoms with van der Waals surface area (Å²) in [4.78, 5) is 67.0. The Morgan fingerprint density at radius 1 is 1.12 bits per heavy atom. The molecule has 2 aliphatic heterocycles. The molecule has 1 saturated carbocycles. The first-order valence-electron chi connectivity index (χ1n) is 16.5. The minimum atomic E-state index is -1.63. The fourth-order valence-electron chi connectivity index (χ4n) is 6.14. The Morgan fingerprint density at radius 2 is 1.82 bits per heavy atom. The van der Waals surface area contributed by atoms with Gasteiger partial charge in [0.05, 0.1) is 36.2 Å². The molecule has 2 aromatic heterocycles. The zero-order chi connectivity index (χ0) is 37.0. The summed E-state index contributed by atoms with van der Waals surface area (Å²) in [5.41, 5.74) is -1.71. The summed E-state index contributed by atoms with van der Waals surface area (Å²) in [7, 11) is 0. The minimum absolute atomic E-state index is 0.0141. The van der Waals surface area contributed by atoms with Crippen molar-refractivity contribution in [2.45, 2.75) is 96.6 Å². The number of nitrogens with one attached hydrogen (secondary N) is 2. The zero-order valence-electron chi connectivity index (χ0n) is 29.1. The third-order valence-electron chi connectivity index (χ3n) is 8.46. The number of hydrogen-bond donors (Lipinski definition) is 3. The molecule has 1 aromatic carbocycles. The number of carboxylic acid groups (broad SMARTS) is 1. The molecule has 274 valence electrons. The van der Waals surface area contributed by atoms with Crippen LogP contribution in [-0.2, 0) is 27.2 Å². The van der Waals surface area contributed by atoms with Crippen LogP contribution in [0.1, 0.15) is 71.9 Å². The maximum atomic E-state index is 16.0. The lowest BCUT2D eigenvalue weighted by molar-refractivity contribution is -0.127. The Labute approximate surface area is 301 Å². The fourth-order valence-corrected chi connectivity index (χ4v) is 6.69. The second-order valence-electron chi connectivity index (χ2n) is 14.8. The fraction of sp³-hybridized carbons (Fsp3) is 0.545. The molecule has 0 spiro atoms. The standard InChI is InChI=1S/C33H40BrFN8O8/c1-31(2,3)50-28(45)40-33(27(44)39-17-7-8-17)10-11-41(14-33)23-19(20(34)21(35)18-9-12-49-24(18)23)13-42-16-38-22-25(42)36-15-37-26(22)43(29(46)47)30(48)51-32(4,5)6/h15-17H,7-14H2,1-6H3,(H,39,44)(H,40,45)(H,46,47)/t33-/m1/s1. The van der Waals surface area contributed by atoms with Crippen LogP contribution in [0.4, 0.5) is 30.3 Å². The third-order valence-corrected chi connectivity index (χ3v) is 9.29. The van der Waals surface area contributed by atoms with E-state index in [0.717, 1.165) is 19.2 Å². The minimum Gasteiger partial charge on any atom is -0.491 e. The van der Waals surface area contributed by atoms with E-state index in [-0.39, 0.29) is 59.5 Å². The van der Waals surface area contributed by atoms with E-state index in [1.54, 1.807) is 46.1 Å².